The smallest absolute Gasteiger partial charge is 0.319 e. The van der Waals surface area contributed by atoms with Crippen LogP contribution in [0.2, 0.25) is 0 Å². The molecule has 4 bridgehead atoms. The van der Waals surface area contributed by atoms with E-state index in [2.05, 4.69) is 15.5 Å². The standard InChI is InChI=1S/C33H43N3O5/c37-21-22-1-3-26(4-2-22)30-16-29(20-36-9-11-39-12-10-36)40-31(41-30)27-5-7-28(8-6-27)34-32(38)35-33-17-23-13-24(18-33)15-25(14-23)19-33/h1-8,23-25,29-31,37H,9-21H2,(H2,34,35,38)/t23?,24?,25?,29-,30+,31+,33?/m1/s1. The lowest BCUT2D eigenvalue weighted by molar-refractivity contribution is -0.253. The first-order chi connectivity index (χ1) is 20.0. The van der Waals surface area contributed by atoms with Crippen molar-refractivity contribution < 1.29 is 24.1 Å². The molecule has 4 aliphatic carbocycles. The molecule has 8 nitrogen and oxygen atoms in total. The lowest BCUT2D eigenvalue weighted by atomic mass is 9.53. The van der Waals surface area contributed by atoms with Crippen LogP contribution >= 0.6 is 0 Å². The van der Waals surface area contributed by atoms with Crippen molar-refractivity contribution in [2.45, 2.75) is 75.6 Å². The van der Waals surface area contributed by atoms with Gasteiger partial charge in [0, 0.05) is 42.8 Å². The number of morpholine rings is 1. The number of aliphatic hydroxyl groups is 1. The van der Waals surface area contributed by atoms with Crippen LogP contribution in [0.4, 0.5) is 10.5 Å². The molecule has 2 saturated heterocycles. The van der Waals surface area contributed by atoms with E-state index >= 15 is 0 Å². The molecule has 2 aromatic carbocycles. The summed E-state index contributed by atoms with van der Waals surface area (Å²) in [7, 11) is 0. The van der Waals surface area contributed by atoms with Gasteiger partial charge in [-0.2, -0.15) is 0 Å². The average molecular weight is 562 g/mol. The van der Waals surface area contributed by atoms with E-state index in [0.29, 0.717) is 0 Å². The van der Waals surface area contributed by atoms with E-state index in [1.54, 1.807) is 0 Å². The molecule has 3 N–H and O–H groups in total. The fourth-order valence-corrected chi connectivity index (χ4v) is 8.50. The summed E-state index contributed by atoms with van der Waals surface area (Å²) in [4.78, 5) is 15.5. The lowest BCUT2D eigenvalue weighted by Crippen LogP contribution is -2.60. The second-order valence-corrected chi connectivity index (χ2v) is 13.2. The largest absolute Gasteiger partial charge is 0.392 e. The average Bonchev–Trinajstić information content (AvgIpc) is 2.97. The van der Waals surface area contributed by atoms with E-state index in [1.807, 2.05) is 48.5 Å². The molecule has 41 heavy (non-hydrogen) atoms. The summed E-state index contributed by atoms with van der Waals surface area (Å²) in [5.74, 6) is 2.37. The van der Waals surface area contributed by atoms with E-state index in [-0.39, 0.29) is 30.4 Å². The molecule has 0 unspecified atom stereocenters. The number of carbonyl (C=O) groups is 1. The summed E-state index contributed by atoms with van der Waals surface area (Å²) in [5.41, 5.74) is 3.66. The first-order valence-electron chi connectivity index (χ1n) is 15.5. The molecule has 6 fully saturated rings. The first kappa shape index (κ1) is 27.3. The minimum absolute atomic E-state index is 0.0115. The molecule has 0 spiro atoms. The minimum Gasteiger partial charge on any atom is -0.392 e. The highest BCUT2D eigenvalue weighted by Gasteiger charge is 2.51. The molecular formula is C33H43N3O5. The Morgan fingerprint density at radius 2 is 1.49 bits per heavy atom. The number of rotatable bonds is 7. The fraction of sp³-hybridized carbons (Fsp3) is 0.606. The SMILES string of the molecule is O=C(Nc1ccc([C@H]2O[C@@H](CN3CCOCC3)C[C@@H](c3ccc(CO)cc3)O2)cc1)NC12CC3CC(CC(C3)C1)C2. The molecule has 8 heteroatoms. The molecule has 6 aliphatic rings. The molecule has 4 saturated carbocycles. The highest BCUT2D eigenvalue weighted by Crippen LogP contribution is 2.55. The van der Waals surface area contributed by atoms with Crippen molar-refractivity contribution >= 4 is 11.7 Å². The van der Waals surface area contributed by atoms with Gasteiger partial charge in [-0.15, -0.1) is 0 Å². The van der Waals surface area contributed by atoms with Crippen LogP contribution in [0.3, 0.4) is 0 Å². The van der Waals surface area contributed by atoms with E-state index < -0.39 is 6.29 Å². The van der Waals surface area contributed by atoms with Gasteiger partial charge in [0.15, 0.2) is 6.29 Å². The van der Waals surface area contributed by atoms with Gasteiger partial charge in [-0.1, -0.05) is 36.4 Å². The second kappa shape index (κ2) is 11.7. The van der Waals surface area contributed by atoms with Gasteiger partial charge in [0.25, 0.3) is 0 Å². The third kappa shape index (κ3) is 6.18. The summed E-state index contributed by atoms with van der Waals surface area (Å²) >= 11 is 0. The number of nitrogens with zero attached hydrogens (tertiary/aromatic N) is 1. The van der Waals surface area contributed by atoms with Crippen LogP contribution in [0.5, 0.6) is 0 Å². The van der Waals surface area contributed by atoms with Crippen molar-refractivity contribution in [3.8, 4) is 0 Å². The van der Waals surface area contributed by atoms with Crippen molar-refractivity contribution in [1.82, 2.24) is 10.2 Å². The maximum absolute atomic E-state index is 13.1. The summed E-state index contributed by atoms with van der Waals surface area (Å²) in [6.07, 6.45) is 7.64. The number of amides is 2. The monoisotopic (exact) mass is 561 g/mol. The molecule has 0 radical (unpaired) electrons. The number of anilines is 1. The number of benzene rings is 2. The van der Waals surface area contributed by atoms with Crippen LogP contribution in [-0.2, 0) is 20.8 Å². The van der Waals surface area contributed by atoms with Crippen molar-refractivity contribution in [3.05, 3.63) is 65.2 Å². The van der Waals surface area contributed by atoms with Crippen LogP contribution < -0.4 is 10.6 Å². The molecule has 2 aromatic rings. The van der Waals surface area contributed by atoms with Gasteiger partial charge in [-0.3, -0.25) is 4.90 Å². The van der Waals surface area contributed by atoms with Crippen molar-refractivity contribution in [3.63, 3.8) is 0 Å². The Labute approximate surface area is 242 Å². The zero-order valence-corrected chi connectivity index (χ0v) is 23.8. The van der Waals surface area contributed by atoms with E-state index in [9.17, 15) is 9.90 Å². The Kier molecular flexibility index (Phi) is 7.77. The zero-order valence-electron chi connectivity index (χ0n) is 23.8. The maximum Gasteiger partial charge on any atom is 0.319 e. The number of urea groups is 1. The highest BCUT2D eigenvalue weighted by molar-refractivity contribution is 5.89. The molecule has 2 heterocycles. The quantitative estimate of drug-likeness (QED) is 0.433. The Hall–Kier alpha value is -2.49. The maximum atomic E-state index is 13.1. The molecule has 2 amide bonds. The van der Waals surface area contributed by atoms with Gasteiger partial charge in [0.05, 0.1) is 32.0 Å². The van der Waals surface area contributed by atoms with Gasteiger partial charge in [-0.05, 0) is 79.5 Å². The van der Waals surface area contributed by atoms with Crippen LogP contribution in [0.15, 0.2) is 48.5 Å². The molecule has 3 atom stereocenters. The summed E-state index contributed by atoms with van der Waals surface area (Å²) in [5, 5.41) is 16.0. The minimum atomic E-state index is -0.507. The number of carbonyl (C=O) groups excluding carboxylic acids is 1. The fourth-order valence-electron chi connectivity index (χ4n) is 8.50. The zero-order chi connectivity index (χ0) is 27.8. The topological polar surface area (TPSA) is 92.3 Å². The number of hydrogen-bond donors (Lipinski definition) is 3. The number of nitrogens with one attached hydrogen (secondary N) is 2. The normalized spacial score (nSPS) is 34.9. The van der Waals surface area contributed by atoms with Crippen LogP contribution in [-0.4, -0.2) is 60.5 Å². The van der Waals surface area contributed by atoms with E-state index in [1.165, 1.54) is 19.3 Å². The Morgan fingerprint density at radius 3 is 2.12 bits per heavy atom. The molecule has 220 valence electrons. The lowest BCUT2D eigenvalue weighted by Gasteiger charge is -2.56. The first-order valence-corrected chi connectivity index (χ1v) is 15.5. The van der Waals surface area contributed by atoms with Gasteiger partial charge in [-0.25, -0.2) is 4.79 Å². The van der Waals surface area contributed by atoms with Gasteiger partial charge in [0.2, 0.25) is 0 Å². The third-order valence-electron chi connectivity index (χ3n) is 10.0. The number of hydrogen-bond acceptors (Lipinski definition) is 6. The molecule has 8 rings (SSSR count). The third-order valence-corrected chi connectivity index (χ3v) is 10.0. The number of ether oxygens (including phenoxy) is 3. The molecule has 2 aliphatic heterocycles. The van der Waals surface area contributed by atoms with Crippen LogP contribution in [0.1, 0.15) is 74.0 Å². The van der Waals surface area contributed by atoms with Crippen molar-refractivity contribution in [2.75, 3.05) is 38.2 Å². The molecular weight excluding hydrogens is 518 g/mol. The number of aliphatic hydroxyl groups excluding tert-OH is 1. The van der Waals surface area contributed by atoms with Gasteiger partial charge < -0.3 is 30.0 Å². The van der Waals surface area contributed by atoms with E-state index in [4.69, 9.17) is 14.2 Å². The van der Waals surface area contributed by atoms with Crippen molar-refractivity contribution in [2.24, 2.45) is 17.8 Å². The van der Waals surface area contributed by atoms with E-state index in [0.717, 1.165) is 98.7 Å². The second-order valence-electron chi connectivity index (χ2n) is 13.2. The van der Waals surface area contributed by atoms with Crippen molar-refractivity contribution in [1.29, 1.82) is 0 Å². The van der Waals surface area contributed by atoms with Gasteiger partial charge in [0.1, 0.15) is 0 Å². The Balaban J connectivity index is 1.02. The Bertz CT molecular complexity index is 1160. The summed E-state index contributed by atoms with van der Waals surface area (Å²) in [6.45, 7) is 4.18. The predicted molar refractivity (Wildman–Crippen MR) is 155 cm³/mol. The van der Waals surface area contributed by atoms with Crippen LogP contribution in [0.25, 0.3) is 0 Å². The summed E-state index contributed by atoms with van der Waals surface area (Å²) in [6, 6.07) is 15.8. The van der Waals surface area contributed by atoms with Crippen LogP contribution in [0, 0.1) is 17.8 Å². The predicted octanol–water partition coefficient (Wildman–Crippen LogP) is 5.15. The Morgan fingerprint density at radius 1 is 0.854 bits per heavy atom. The van der Waals surface area contributed by atoms with Gasteiger partial charge >= 0.3 is 6.03 Å². The summed E-state index contributed by atoms with van der Waals surface area (Å²) < 4.78 is 18.5. The highest BCUT2D eigenvalue weighted by atomic mass is 16.7. The molecule has 0 aromatic heterocycles.